The number of halogens is 6. The maximum atomic E-state index is 12.6. The smallest absolute Gasteiger partial charge is 0.394 e. The zero-order valence-corrected chi connectivity index (χ0v) is 20.2. The first-order valence-corrected chi connectivity index (χ1v) is 11.2. The Kier molecular flexibility index (Phi) is 12.2. The normalized spacial score (nSPS) is 16.0. The summed E-state index contributed by atoms with van der Waals surface area (Å²) >= 11 is 0. The third-order valence-electron chi connectivity index (χ3n) is 6.11. The van der Waals surface area contributed by atoms with Crippen LogP contribution in [-0.2, 0) is 25.6 Å². The summed E-state index contributed by atoms with van der Waals surface area (Å²) in [5.41, 5.74) is -2.08. The number of ether oxygens (including phenoxy) is 2. The van der Waals surface area contributed by atoms with Crippen LogP contribution < -0.4 is 9.47 Å². The molecule has 2 aliphatic carbocycles. The second-order valence-electron chi connectivity index (χ2n) is 8.42. The summed E-state index contributed by atoms with van der Waals surface area (Å²) in [6, 6.07) is 1.58. The highest BCUT2D eigenvalue weighted by molar-refractivity contribution is 5.22. The van der Waals surface area contributed by atoms with Gasteiger partial charge in [-0.05, 0) is 44.9 Å². The lowest BCUT2D eigenvalue weighted by atomic mass is 10.0. The molecule has 2 heterocycles. The van der Waals surface area contributed by atoms with Crippen LogP contribution in [0.2, 0.25) is 0 Å². The molecule has 0 aliphatic heterocycles. The molecule has 2 aromatic rings. The molecule has 16 heteroatoms. The van der Waals surface area contributed by atoms with Crippen molar-refractivity contribution in [3.8, 4) is 11.8 Å². The topological polar surface area (TPSA) is 144 Å². The van der Waals surface area contributed by atoms with E-state index in [-0.39, 0.29) is 64.0 Å². The predicted octanol–water partition coefficient (Wildman–Crippen LogP) is 4.44. The molecule has 4 rings (SSSR count). The minimum absolute atomic E-state index is 0.0233. The molecule has 2 N–H and O–H groups in total. The van der Waals surface area contributed by atoms with Crippen LogP contribution in [0.15, 0.2) is 18.5 Å². The first-order chi connectivity index (χ1) is 17.8. The number of rotatable bonds is 9. The van der Waals surface area contributed by atoms with Crippen LogP contribution in [0, 0.1) is 10.8 Å². The molecule has 2 aromatic heterocycles. The number of aromatic nitrogens is 4. The number of nitrogens with one attached hydrogen (secondary N) is 2. The van der Waals surface area contributed by atoms with E-state index < -0.39 is 23.2 Å². The van der Waals surface area contributed by atoms with Gasteiger partial charge in [0.2, 0.25) is 11.8 Å². The molecule has 0 saturated heterocycles. The van der Waals surface area contributed by atoms with E-state index in [2.05, 4.69) is 20.4 Å². The SMILES string of the molecule is CCc1cn[nH]c1OCCC1(C(F)(F)F)CC1.FC(F)(F)C1(CCOc2ccn[nH]2)CC1.O=C=O.O=C=O. The summed E-state index contributed by atoms with van der Waals surface area (Å²) < 4.78 is 85.8. The standard InChI is InChI=1S/C11H15F3N2O.C9H11F3N2O.2CO2/c1-2-8-7-15-16-9(8)17-6-5-10(3-4-10)11(12,13)14;10-9(11,12)8(2-3-8)4-6-15-7-1-5-13-14-7;2*2-1-3/h7H,2-6H2,1H3,(H,15,16);1,5H,2-4,6H2,(H,13,14);;. The molecule has 0 bridgehead atoms. The molecule has 0 aromatic carbocycles. The first-order valence-electron chi connectivity index (χ1n) is 11.2. The molecule has 0 unspecified atom stereocenters. The van der Waals surface area contributed by atoms with E-state index in [1.165, 1.54) is 6.20 Å². The number of alkyl halides is 6. The van der Waals surface area contributed by atoms with Crippen LogP contribution in [0.3, 0.4) is 0 Å². The molecular weight excluding hydrogens is 530 g/mol. The van der Waals surface area contributed by atoms with E-state index in [9.17, 15) is 26.3 Å². The minimum Gasteiger partial charge on any atom is -0.478 e. The predicted molar refractivity (Wildman–Crippen MR) is 112 cm³/mol. The highest BCUT2D eigenvalue weighted by Gasteiger charge is 2.63. The van der Waals surface area contributed by atoms with Gasteiger partial charge in [-0.15, -0.1) is 0 Å². The Bertz CT molecular complexity index is 1010. The van der Waals surface area contributed by atoms with E-state index in [4.69, 9.17) is 28.7 Å². The Morgan fingerprint density at radius 1 is 0.842 bits per heavy atom. The maximum absolute atomic E-state index is 12.6. The zero-order valence-electron chi connectivity index (χ0n) is 20.2. The number of H-pyrrole nitrogens is 2. The third-order valence-corrected chi connectivity index (χ3v) is 6.11. The van der Waals surface area contributed by atoms with E-state index in [0.717, 1.165) is 12.0 Å². The van der Waals surface area contributed by atoms with Crippen molar-refractivity contribution in [3.05, 3.63) is 24.0 Å². The van der Waals surface area contributed by atoms with Crippen molar-refractivity contribution in [2.24, 2.45) is 10.8 Å². The van der Waals surface area contributed by atoms with Crippen molar-refractivity contribution in [3.63, 3.8) is 0 Å². The van der Waals surface area contributed by atoms with Crippen LogP contribution in [0.1, 0.15) is 51.0 Å². The van der Waals surface area contributed by atoms with Gasteiger partial charge < -0.3 is 9.47 Å². The quantitative estimate of drug-likeness (QED) is 0.432. The van der Waals surface area contributed by atoms with Crippen molar-refractivity contribution in [1.82, 2.24) is 20.4 Å². The molecule has 0 radical (unpaired) electrons. The zero-order chi connectivity index (χ0) is 28.9. The van der Waals surface area contributed by atoms with Crippen molar-refractivity contribution < 1.29 is 55.0 Å². The van der Waals surface area contributed by atoms with Crippen LogP contribution in [0.4, 0.5) is 26.3 Å². The molecule has 10 nitrogen and oxygen atoms in total. The fourth-order valence-electron chi connectivity index (χ4n) is 3.36. The Labute approximate surface area is 212 Å². The average molecular weight is 556 g/mol. The van der Waals surface area contributed by atoms with Crippen molar-refractivity contribution in [1.29, 1.82) is 0 Å². The molecular formula is C22H26F6N4O6. The summed E-state index contributed by atoms with van der Waals surface area (Å²) in [5, 5.41) is 12.6. The van der Waals surface area contributed by atoms with Gasteiger partial charge in [0, 0.05) is 11.6 Å². The lowest BCUT2D eigenvalue weighted by Crippen LogP contribution is -2.26. The number of aromatic amines is 2. The average Bonchev–Trinajstić information content (AvgIpc) is 3.69. The Hall–Kier alpha value is -3.64. The second-order valence-corrected chi connectivity index (χ2v) is 8.42. The van der Waals surface area contributed by atoms with Crippen LogP contribution >= 0.6 is 0 Å². The second kappa shape index (κ2) is 14.3. The van der Waals surface area contributed by atoms with Gasteiger partial charge in [-0.2, -0.15) is 55.7 Å². The van der Waals surface area contributed by atoms with Crippen LogP contribution in [-0.4, -0.2) is 58.3 Å². The van der Waals surface area contributed by atoms with E-state index in [1.807, 2.05) is 6.92 Å². The highest BCUT2D eigenvalue weighted by atomic mass is 19.4. The van der Waals surface area contributed by atoms with Crippen molar-refractivity contribution >= 4 is 12.3 Å². The van der Waals surface area contributed by atoms with Crippen molar-refractivity contribution in [2.75, 3.05) is 13.2 Å². The lowest BCUT2D eigenvalue weighted by Gasteiger charge is -2.18. The van der Waals surface area contributed by atoms with Crippen LogP contribution in [0.25, 0.3) is 0 Å². The first kappa shape index (κ1) is 32.4. The Balaban J connectivity index is 0.000000317. The summed E-state index contributed by atoms with van der Waals surface area (Å²) in [5.74, 6) is 0.901. The molecule has 212 valence electrons. The van der Waals surface area contributed by atoms with Crippen LogP contribution in [0.5, 0.6) is 11.8 Å². The van der Waals surface area contributed by atoms with Gasteiger partial charge in [-0.25, -0.2) is 10.2 Å². The number of hydrogen-bond donors (Lipinski definition) is 2. The largest absolute Gasteiger partial charge is 0.478 e. The highest BCUT2D eigenvalue weighted by Crippen LogP contribution is 2.60. The van der Waals surface area contributed by atoms with Crippen molar-refractivity contribution in [2.45, 2.75) is 64.2 Å². The minimum atomic E-state index is -4.10. The van der Waals surface area contributed by atoms with Gasteiger partial charge >= 0.3 is 24.7 Å². The number of nitrogens with zero attached hydrogens (tertiary/aromatic N) is 2. The van der Waals surface area contributed by atoms with Gasteiger partial charge in [0.15, 0.2) is 0 Å². The molecule has 0 amide bonds. The fraction of sp³-hybridized carbons (Fsp3) is 0.636. The summed E-state index contributed by atoms with van der Waals surface area (Å²) in [6.07, 6.45) is -2.87. The van der Waals surface area contributed by atoms with E-state index in [0.29, 0.717) is 11.8 Å². The molecule has 38 heavy (non-hydrogen) atoms. The summed E-state index contributed by atoms with van der Waals surface area (Å²) in [7, 11) is 0. The van der Waals surface area contributed by atoms with E-state index >= 15 is 0 Å². The molecule has 2 fully saturated rings. The monoisotopic (exact) mass is 556 g/mol. The number of carbonyl (C=O) groups excluding carboxylic acids is 4. The fourth-order valence-corrected chi connectivity index (χ4v) is 3.36. The lowest BCUT2D eigenvalue weighted by molar-refractivity contribution is -0.193. The van der Waals surface area contributed by atoms with Gasteiger partial charge in [-0.1, -0.05) is 6.92 Å². The molecule has 0 spiro atoms. The summed E-state index contributed by atoms with van der Waals surface area (Å²) in [4.78, 5) is 32.5. The molecule has 2 saturated carbocycles. The molecule has 0 atom stereocenters. The molecule has 2 aliphatic rings. The number of hydrogen-bond acceptors (Lipinski definition) is 8. The maximum Gasteiger partial charge on any atom is 0.394 e. The Morgan fingerprint density at radius 3 is 1.68 bits per heavy atom. The van der Waals surface area contributed by atoms with Gasteiger partial charge in [0.25, 0.3) is 0 Å². The van der Waals surface area contributed by atoms with Gasteiger partial charge in [0.05, 0.1) is 36.4 Å². The van der Waals surface area contributed by atoms with E-state index in [1.54, 1.807) is 12.3 Å². The van der Waals surface area contributed by atoms with Gasteiger partial charge in [-0.3, -0.25) is 0 Å². The van der Waals surface area contributed by atoms with Gasteiger partial charge in [0.1, 0.15) is 0 Å². The number of aryl methyl sites for hydroxylation is 1. The Morgan fingerprint density at radius 2 is 1.32 bits per heavy atom. The summed E-state index contributed by atoms with van der Waals surface area (Å²) in [6.45, 7) is 2.09. The third kappa shape index (κ3) is 9.67.